The van der Waals surface area contributed by atoms with Gasteiger partial charge >= 0.3 is 0 Å². The standard InChI is InChI=1S/C17H23N5OS/c1-12-7-9-14(10-8-12)11-18-16(23)13(2)24-17-19-20-21-22(17)15-5-3-4-6-15/h7-10,13,15H,3-6,11H2,1-2H3,(H,18,23). The fourth-order valence-corrected chi connectivity index (χ4v) is 3.78. The first kappa shape index (κ1) is 17.0. The summed E-state index contributed by atoms with van der Waals surface area (Å²) in [7, 11) is 0. The van der Waals surface area contributed by atoms with Crippen molar-refractivity contribution in [1.29, 1.82) is 0 Å². The second-order valence-electron chi connectivity index (χ2n) is 6.31. The first-order valence-electron chi connectivity index (χ1n) is 8.41. The fourth-order valence-electron chi connectivity index (χ4n) is 2.89. The van der Waals surface area contributed by atoms with Crippen molar-refractivity contribution >= 4 is 17.7 Å². The van der Waals surface area contributed by atoms with E-state index in [1.807, 2.05) is 23.7 Å². The van der Waals surface area contributed by atoms with Gasteiger partial charge in [0.1, 0.15) is 0 Å². The number of tetrazole rings is 1. The van der Waals surface area contributed by atoms with Crippen LogP contribution < -0.4 is 5.32 Å². The van der Waals surface area contributed by atoms with Crippen molar-refractivity contribution in [3.05, 3.63) is 35.4 Å². The highest BCUT2D eigenvalue weighted by molar-refractivity contribution is 8.00. The van der Waals surface area contributed by atoms with Crippen molar-refractivity contribution in [1.82, 2.24) is 25.5 Å². The number of aromatic nitrogens is 4. The molecule has 2 aromatic rings. The van der Waals surface area contributed by atoms with Crippen LogP contribution in [-0.2, 0) is 11.3 Å². The summed E-state index contributed by atoms with van der Waals surface area (Å²) in [5.74, 6) is 0.00143. The lowest BCUT2D eigenvalue weighted by atomic mass is 10.1. The molecule has 1 saturated carbocycles. The first-order chi connectivity index (χ1) is 11.6. The van der Waals surface area contributed by atoms with Gasteiger partial charge in [0.2, 0.25) is 11.1 Å². The van der Waals surface area contributed by atoms with Crippen LogP contribution in [0.25, 0.3) is 0 Å². The molecule has 1 unspecified atom stereocenters. The average molecular weight is 345 g/mol. The minimum atomic E-state index is -0.235. The van der Waals surface area contributed by atoms with Crippen LogP contribution in [0.4, 0.5) is 0 Å². The minimum absolute atomic E-state index is 0.00143. The van der Waals surface area contributed by atoms with Crippen LogP contribution in [0.1, 0.15) is 49.8 Å². The number of carbonyl (C=O) groups is 1. The van der Waals surface area contributed by atoms with E-state index in [-0.39, 0.29) is 11.2 Å². The maximum absolute atomic E-state index is 12.3. The number of rotatable bonds is 6. The molecule has 128 valence electrons. The Morgan fingerprint density at radius 2 is 2.04 bits per heavy atom. The molecule has 1 aromatic carbocycles. The Balaban J connectivity index is 1.54. The van der Waals surface area contributed by atoms with Crippen molar-refractivity contribution in [3.8, 4) is 0 Å². The maximum atomic E-state index is 12.3. The summed E-state index contributed by atoms with van der Waals surface area (Å²) in [4.78, 5) is 12.3. The number of benzene rings is 1. The quantitative estimate of drug-likeness (QED) is 0.815. The molecule has 24 heavy (non-hydrogen) atoms. The third kappa shape index (κ3) is 4.14. The number of amides is 1. The van der Waals surface area contributed by atoms with E-state index in [0.717, 1.165) is 23.6 Å². The van der Waals surface area contributed by atoms with Crippen molar-refractivity contribution in [3.63, 3.8) is 0 Å². The van der Waals surface area contributed by atoms with E-state index in [0.29, 0.717) is 12.6 Å². The largest absolute Gasteiger partial charge is 0.351 e. The molecule has 6 nitrogen and oxygen atoms in total. The molecule has 0 saturated heterocycles. The van der Waals surface area contributed by atoms with Crippen LogP contribution in [0.15, 0.2) is 29.4 Å². The van der Waals surface area contributed by atoms with E-state index in [9.17, 15) is 4.79 Å². The summed E-state index contributed by atoms with van der Waals surface area (Å²) < 4.78 is 1.89. The molecule has 1 aliphatic carbocycles. The van der Waals surface area contributed by atoms with Gasteiger partial charge in [0.25, 0.3) is 0 Å². The molecule has 1 aromatic heterocycles. The van der Waals surface area contributed by atoms with Gasteiger partial charge in [-0.05, 0) is 42.7 Å². The molecule has 0 bridgehead atoms. The molecular weight excluding hydrogens is 322 g/mol. The van der Waals surface area contributed by atoms with Crippen LogP contribution >= 0.6 is 11.8 Å². The van der Waals surface area contributed by atoms with Gasteiger partial charge in [0.15, 0.2) is 0 Å². The summed E-state index contributed by atoms with van der Waals surface area (Å²) in [6.45, 7) is 4.48. The Labute approximate surface area is 146 Å². The number of thioether (sulfide) groups is 1. The third-order valence-electron chi connectivity index (χ3n) is 4.37. The average Bonchev–Trinajstić information content (AvgIpc) is 3.25. The van der Waals surface area contributed by atoms with Crippen LogP contribution in [0.3, 0.4) is 0 Å². The van der Waals surface area contributed by atoms with Crippen molar-refractivity contribution in [2.45, 2.75) is 62.5 Å². The van der Waals surface area contributed by atoms with Gasteiger partial charge in [-0.2, -0.15) is 0 Å². The predicted molar refractivity (Wildman–Crippen MR) is 93.7 cm³/mol. The lowest BCUT2D eigenvalue weighted by molar-refractivity contribution is -0.120. The van der Waals surface area contributed by atoms with E-state index >= 15 is 0 Å². The molecule has 1 heterocycles. The molecule has 1 atom stereocenters. The van der Waals surface area contributed by atoms with Crippen molar-refractivity contribution < 1.29 is 4.79 Å². The minimum Gasteiger partial charge on any atom is -0.351 e. The van der Waals surface area contributed by atoms with Gasteiger partial charge in [-0.1, -0.05) is 54.4 Å². The van der Waals surface area contributed by atoms with E-state index in [4.69, 9.17) is 0 Å². The number of aryl methyl sites for hydroxylation is 1. The van der Waals surface area contributed by atoms with Crippen LogP contribution in [0, 0.1) is 6.92 Å². The Morgan fingerprint density at radius 3 is 2.75 bits per heavy atom. The maximum Gasteiger partial charge on any atom is 0.233 e. The van der Waals surface area contributed by atoms with E-state index in [1.54, 1.807) is 0 Å². The van der Waals surface area contributed by atoms with Gasteiger partial charge in [-0.3, -0.25) is 4.79 Å². The van der Waals surface area contributed by atoms with Crippen LogP contribution in [0.2, 0.25) is 0 Å². The molecule has 0 aliphatic heterocycles. The molecule has 0 spiro atoms. The molecule has 1 fully saturated rings. The second-order valence-corrected chi connectivity index (χ2v) is 7.62. The van der Waals surface area contributed by atoms with Crippen molar-refractivity contribution in [2.75, 3.05) is 0 Å². The third-order valence-corrected chi connectivity index (χ3v) is 5.42. The Morgan fingerprint density at radius 1 is 1.33 bits per heavy atom. The molecule has 1 amide bonds. The SMILES string of the molecule is Cc1ccc(CNC(=O)C(C)Sc2nnnn2C2CCCC2)cc1. The molecule has 1 N–H and O–H groups in total. The highest BCUT2D eigenvalue weighted by Gasteiger charge is 2.24. The van der Waals surface area contributed by atoms with E-state index in [2.05, 4.69) is 39.9 Å². The smallest absolute Gasteiger partial charge is 0.233 e. The van der Waals surface area contributed by atoms with Crippen molar-refractivity contribution in [2.24, 2.45) is 0 Å². The summed E-state index contributed by atoms with van der Waals surface area (Å²) in [5, 5.41) is 15.5. The van der Waals surface area contributed by atoms with Gasteiger partial charge in [-0.15, -0.1) is 5.10 Å². The normalized spacial score (nSPS) is 16.2. The molecule has 7 heteroatoms. The monoisotopic (exact) mass is 345 g/mol. The molecular formula is C17H23N5OS. The lowest BCUT2D eigenvalue weighted by Gasteiger charge is -2.14. The van der Waals surface area contributed by atoms with Crippen LogP contribution in [0.5, 0.6) is 0 Å². The number of hydrogen-bond donors (Lipinski definition) is 1. The topological polar surface area (TPSA) is 72.7 Å². The van der Waals surface area contributed by atoms with Gasteiger partial charge in [0, 0.05) is 6.54 Å². The summed E-state index contributed by atoms with van der Waals surface area (Å²) in [6, 6.07) is 8.55. The van der Waals surface area contributed by atoms with E-state index in [1.165, 1.54) is 30.2 Å². The number of nitrogens with zero attached hydrogens (tertiary/aromatic N) is 4. The summed E-state index contributed by atoms with van der Waals surface area (Å²) in [5.41, 5.74) is 2.31. The Hall–Kier alpha value is -1.89. The van der Waals surface area contributed by atoms with Gasteiger partial charge in [-0.25, -0.2) is 4.68 Å². The zero-order valence-corrected chi connectivity index (χ0v) is 14.9. The number of hydrogen-bond acceptors (Lipinski definition) is 5. The second kappa shape index (κ2) is 7.79. The Bertz CT molecular complexity index is 679. The fraction of sp³-hybridized carbons (Fsp3) is 0.529. The highest BCUT2D eigenvalue weighted by atomic mass is 32.2. The zero-order chi connectivity index (χ0) is 16.9. The summed E-state index contributed by atoms with van der Waals surface area (Å²) in [6.07, 6.45) is 4.68. The molecule has 0 radical (unpaired) electrons. The summed E-state index contributed by atoms with van der Waals surface area (Å²) >= 11 is 1.42. The number of nitrogens with one attached hydrogen (secondary N) is 1. The van der Waals surface area contributed by atoms with E-state index < -0.39 is 0 Å². The van der Waals surface area contributed by atoms with Gasteiger partial charge < -0.3 is 5.32 Å². The lowest BCUT2D eigenvalue weighted by Crippen LogP contribution is -2.30. The number of carbonyl (C=O) groups excluding carboxylic acids is 1. The van der Waals surface area contributed by atoms with Gasteiger partial charge in [0.05, 0.1) is 11.3 Å². The van der Waals surface area contributed by atoms with Crippen LogP contribution in [-0.4, -0.2) is 31.4 Å². The zero-order valence-electron chi connectivity index (χ0n) is 14.1. The highest BCUT2D eigenvalue weighted by Crippen LogP contribution is 2.32. The molecule has 3 rings (SSSR count). The first-order valence-corrected chi connectivity index (χ1v) is 9.29. The predicted octanol–water partition coefficient (Wildman–Crippen LogP) is 2.89. The Kier molecular flexibility index (Phi) is 5.50. The molecule has 1 aliphatic rings.